The molecule has 5 heteroatoms. The molecule has 0 aliphatic rings. The third kappa shape index (κ3) is 4.52. The Bertz CT molecular complexity index is 510. The van der Waals surface area contributed by atoms with Gasteiger partial charge < -0.3 is 10.1 Å². The van der Waals surface area contributed by atoms with Crippen LogP contribution < -0.4 is 10.1 Å². The summed E-state index contributed by atoms with van der Waals surface area (Å²) in [5, 5.41) is 2.74. The third-order valence-corrected chi connectivity index (χ3v) is 2.90. The number of carbonyl (C=O) groups is 1. The number of nitrogens with one attached hydrogen (secondary N) is 1. The van der Waals surface area contributed by atoms with Crippen molar-refractivity contribution in [2.75, 3.05) is 14.2 Å². The Morgan fingerprint density at radius 3 is 2.84 bits per heavy atom. The maximum absolute atomic E-state index is 12.1. The van der Waals surface area contributed by atoms with Crippen LogP contribution in [0, 0.1) is 0 Å². The Kier molecular flexibility index (Phi) is 6.29. The lowest BCUT2D eigenvalue weighted by Crippen LogP contribution is -2.29. The molecule has 0 saturated carbocycles. The van der Waals surface area contributed by atoms with E-state index in [1.165, 1.54) is 7.11 Å². The predicted molar refractivity (Wildman–Crippen MR) is 81.0 cm³/mol. The van der Waals surface area contributed by atoms with Crippen molar-refractivity contribution in [3.8, 4) is 5.75 Å². The van der Waals surface area contributed by atoms with E-state index in [0.29, 0.717) is 17.1 Å². The molecule has 0 unspecified atom stereocenters. The highest BCUT2D eigenvalue weighted by molar-refractivity contribution is 9.10. The van der Waals surface area contributed by atoms with Gasteiger partial charge in [0.25, 0.3) is 5.91 Å². The lowest BCUT2D eigenvalue weighted by Gasteiger charge is -2.09. The van der Waals surface area contributed by atoms with Crippen molar-refractivity contribution in [3.05, 3.63) is 40.4 Å². The van der Waals surface area contributed by atoms with Gasteiger partial charge in [-0.1, -0.05) is 28.9 Å². The Morgan fingerprint density at radius 1 is 1.53 bits per heavy atom. The van der Waals surface area contributed by atoms with Gasteiger partial charge in [-0.2, -0.15) is 0 Å². The van der Waals surface area contributed by atoms with E-state index in [1.54, 1.807) is 31.3 Å². The average Bonchev–Trinajstić information content (AvgIpc) is 2.42. The minimum Gasteiger partial charge on any atom is -0.496 e. The molecule has 1 amide bonds. The fourth-order valence-corrected chi connectivity index (χ4v) is 1.78. The molecule has 0 heterocycles. The summed E-state index contributed by atoms with van der Waals surface area (Å²) in [5.74, 6) is 0.796. The number of amidine groups is 1. The number of allylic oxidation sites excluding steroid dienone is 1. The fraction of sp³-hybridized carbons (Fsp3) is 0.286. The van der Waals surface area contributed by atoms with Crippen molar-refractivity contribution in [1.82, 2.24) is 5.32 Å². The first-order chi connectivity index (χ1) is 9.12. The Hall–Kier alpha value is -1.62. The monoisotopic (exact) mass is 324 g/mol. The molecule has 0 fully saturated rings. The molecule has 1 aromatic carbocycles. The predicted octanol–water partition coefficient (Wildman–Crippen LogP) is 3.18. The van der Waals surface area contributed by atoms with Gasteiger partial charge in [0.1, 0.15) is 11.6 Å². The molecular formula is C14H17BrN2O2. The highest BCUT2D eigenvalue weighted by atomic mass is 79.9. The summed E-state index contributed by atoms with van der Waals surface area (Å²) in [4.78, 5) is 16.2. The SMILES string of the molecule is CC/C=C\C(=NC)NC(=O)c1ccc(Br)cc1OC. The normalized spacial score (nSPS) is 11.7. The van der Waals surface area contributed by atoms with Gasteiger partial charge in [0.15, 0.2) is 0 Å². The summed E-state index contributed by atoms with van der Waals surface area (Å²) < 4.78 is 6.05. The van der Waals surface area contributed by atoms with Crippen LogP contribution in [0.2, 0.25) is 0 Å². The number of nitrogens with zero attached hydrogens (tertiary/aromatic N) is 1. The molecule has 0 saturated heterocycles. The third-order valence-electron chi connectivity index (χ3n) is 2.40. The van der Waals surface area contributed by atoms with Gasteiger partial charge in [-0.3, -0.25) is 9.79 Å². The molecule has 0 aliphatic heterocycles. The molecule has 4 nitrogen and oxygen atoms in total. The van der Waals surface area contributed by atoms with Crippen LogP contribution >= 0.6 is 15.9 Å². The van der Waals surface area contributed by atoms with E-state index < -0.39 is 0 Å². The molecular weight excluding hydrogens is 308 g/mol. The van der Waals surface area contributed by atoms with Crippen molar-refractivity contribution >= 4 is 27.7 Å². The number of hydrogen-bond acceptors (Lipinski definition) is 3. The quantitative estimate of drug-likeness (QED) is 0.683. The van der Waals surface area contributed by atoms with Crippen LogP contribution in [-0.4, -0.2) is 25.9 Å². The van der Waals surface area contributed by atoms with Crippen LogP contribution in [0.4, 0.5) is 0 Å². The molecule has 0 atom stereocenters. The Labute approximate surface area is 121 Å². The van der Waals surface area contributed by atoms with Crippen molar-refractivity contribution in [3.63, 3.8) is 0 Å². The summed E-state index contributed by atoms with van der Waals surface area (Å²) in [5.41, 5.74) is 0.469. The van der Waals surface area contributed by atoms with E-state index in [9.17, 15) is 4.79 Å². The van der Waals surface area contributed by atoms with E-state index >= 15 is 0 Å². The number of rotatable bonds is 4. The number of amides is 1. The zero-order valence-electron chi connectivity index (χ0n) is 11.2. The molecule has 1 aromatic rings. The standard InChI is InChI=1S/C14H17BrN2O2/c1-4-5-6-13(16-2)17-14(18)11-8-7-10(15)9-12(11)19-3/h5-9H,4H2,1-3H3,(H,16,17,18)/b6-5-. The topological polar surface area (TPSA) is 50.7 Å². The first-order valence-electron chi connectivity index (χ1n) is 5.90. The Morgan fingerprint density at radius 2 is 2.26 bits per heavy atom. The first kappa shape index (κ1) is 15.4. The first-order valence-corrected chi connectivity index (χ1v) is 6.69. The maximum atomic E-state index is 12.1. The van der Waals surface area contributed by atoms with Crippen molar-refractivity contribution in [2.24, 2.45) is 4.99 Å². The number of carbonyl (C=O) groups excluding carboxylic acids is 1. The van der Waals surface area contributed by atoms with E-state index in [2.05, 4.69) is 26.2 Å². The number of benzene rings is 1. The molecule has 0 radical (unpaired) electrons. The lowest BCUT2D eigenvalue weighted by molar-refractivity contribution is 0.0974. The highest BCUT2D eigenvalue weighted by Gasteiger charge is 2.13. The van der Waals surface area contributed by atoms with Crippen molar-refractivity contribution < 1.29 is 9.53 Å². The average molecular weight is 325 g/mol. The summed E-state index contributed by atoms with van der Waals surface area (Å²) in [7, 11) is 3.17. The van der Waals surface area contributed by atoms with Crippen LogP contribution in [0.15, 0.2) is 39.8 Å². The van der Waals surface area contributed by atoms with Gasteiger partial charge >= 0.3 is 0 Å². The number of halogens is 1. The summed E-state index contributed by atoms with van der Waals surface area (Å²) in [6, 6.07) is 5.25. The van der Waals surface area contributed by atoms with Crippen LogP contribution in [-0.2, 0) is 0 Å². The van der Waals surface area contributed by atoms with Crippen LogP contribution in [0.3, 0.4) is 0 Å². The smallest absolute Gasteiger partial charge is 0.260 e. The molecule has 0 aromatic heterocycles. The molecule has 102 valence electrons. The van der Waals surface area contributed by atoms with Crippen LogP contribution in [0.5, 0.6) is 5.75 Å². The van der Waals surface area contributed by atoms with Gasteiger partial charge in [-0.25, -0.2) is 0 Å². The van der Waals surface area contributed by atoms with E-state index in [4.69, 9.17) is 4.74 Å². The van der Waals surface area contributed by atoms with E-state index in [1.807, 2.05) is 13.0 Å². The second kappa shape index (κ2) is 7.74. The Balaban J connectivity index is 2.92. The number of ether oxygens (including phenoxy) is 1. The summed E-state index contributed by atoms with van der Waals surface area (Å²) >= 11 is 3.34. The maximum Gasteiger partial charge on any atom is 0.260 e. The highest BCUT2D eigenvalue weighted by Crippen LogP contribution is 2.23. The number of methoxy groups -OCH3 is 1. The molecule has 0 bridgehead atoms. The van der Waals surface area contributed by atoms with E-state index in [-0.39, 0.29) is 5.91 Å². The van der Waals surface area contributed by atoms with Gasteiger partial charge in [0, 0.05) is 11.5 Å². The van der Waals surface area contributed by atoms with Gasteiger partial charge in [0.05, 0.1) is 12.7 Å². The summed E-state index contributed by atoms with van der Waals surface area (Å²) in [6.07, 6.45) is 4.60. The van der Waals surface area contributed by atoms with Gasteiger partial charge in [-0.15, -0.1) is 0 Å². The summed E-state index contributed by atoms with van der Waals surface area (Å²) in [6.45, 7) is 2.02. The zero-order valence-corrected chi connectivity index (χ0v) is 12.8. The second-order valence-electron chi connectivity index (χ2n) is 3.72. The van der Waals surface area contributed by atoms with Crippen LogP contribution in [0.25, 0.3) is 0 Å². The fourth-order valence-electron chi connectivity index (χ4n) is 1.44. The van der Waals surface area contributed by atoms with E-state index in [0.717, 1.165) is 10.9 Å². The number of aliphatic imine (C=N–C) groups is 1. The molecule has 1 N–H and O–H groups in total. The molecule has 0 aliphatic carbocycles. The molecule has 0 spiro atoms. The minimum absolute atomic E-state index is 0.245. The van der Waals surface area contributed by atoms with Gasteiger partial charge in [0.2, 0.25) is 0 Å². The largest absolute Gasteiger partial charge is 0.496 e. The van der Waals surface area contributed by atoms with Gasteiger partial charge in [-0.05, 0) is 30.7 Å². The van der Waals surface area contributed by atoms with Crippen molar-refractivity contribution in [1.29, 1.82) is 0 Å². The zero-order chi connectivity index (χ0) is 14.3. The van der Waals surface area contributed by atoms with Crippen molar-refractivity contribution in [2.45, 2.75) is 13.3 Å². The number of hydrogen-bond donors (Lipinski definition) is 1. The molecule has 1 rings (SSSR count). The second-order valence-corrected chi connectivity index (χ2v) is 4.63. The molecule has 19 heavy (non-hydrogen) atoms. The van der Waals surface area contributed by atoms with Crippen LogP contribution in [0.1, 0.15) is 23.7 Å². The minimum atomic E-state index is -0.245. The lowest BCUT2D eigenvalue weighted by atomic mass is 10.2.